The zero-order valence-electron chi connectivity index (χ0n) is 41.2. The largest absolute Gasteiger partial charge is 0.756 e. The second-order valence-electron chi connectivity index (χ2n) is 17.8. The van der Waals surface area contributed by atoms with Crippen LogP contribution in [0.1, 0.15) is 194 Å². The molecule has 0 amide bonds. The molecule has 0 saturated heterocycles. The molecule has 2 atom stereocenters. The van der Waals surface area contributed by atoms with Gasteiger partial charge in [-0.3, -0.25) is 9.36 Å². The lowest BCUT2D eigenvalue weighted by atomic mass is 10.0. The number of allylic oxidation sites excluding steroid dienone is 14. The van der Waals surface area contributed by atoms with Crippen LogP contribution in [0, 0.1) is 0 Å². The van der Waals surface area contributed by atoms with Gasteiger partial charge in [0.25, 0.3) is 7.82 Å². The Kier molecular flexibility index (Phi) is 44.5. The van der Waals surface area contributed by atoms with E-state index in [4.69, 9.17) is 18.5 Å². The van der Waals surface area contributed by atoms with Crippen molar-refractivity contribution in [3.05, 3.63) is 85.1 Å². The van der Waals surface area contributed by atoms with Crippen molar-refractivity contribution in [1.29, 1.82) is 0 Å². The predicted molar refractivity (Wildman–Crippen MR) is 268 cm³/mol. The van der Waals surface area contributed by atoms with Crippen LogP contribution in [0.5, 0.6) is 0 Å². The minimum absolute atomic E-state index is 0.0176. The van der Waals surface area contributed by atoms with Crippen molar-refractivity contribution >= 4 is 13.8 Å². The van der Waals surface area contributed by atoms with Gasteiger partial charge in [0.2, 0.25) is 0 Å². The van der Waals surface area contributed by atoms with Crippen molar-refractivity contribution in [2.75, 3.05) is 54.1 Å². The van der Waals surface area contributed by atoms with Gasteiger partial charge in [0, 0.05) is 13.0 Å². The molecule has 9 heteroatoms. The average Bonchev–Trinajstić information content (AvgIpc) is 3.24. The Morgan fingerprint density at radius 1 is 0.508 bits per heavy atom. The SMILES string of the molecule is CC/C=C\C/C=C\C/C=C\C/C=C\C/C=C\C/C=C\C/C=C\CCCCCCOCC(COP(=O)([O-])OCC[N+](C)(C)C)OC(=O)CCCCCCCCCCCCCCCCC. The van der Waals surface area contributed by atoms with Gasteiger partial charge in [-0.25, -0.2) is 0 Å². The Balaban J connectivity index is 4.22. The van der Waals surface area contributed by atoms with Gasteiger partial charge in [-0.15, -0.1) is 0 Å². The highest BCUT2D eigenvalue weighted by molar-refractivity contribution is 7.45. The summed E-state index contributed by atoms with van der Waals surface area (Å²) in [4.78, 5) is 25.1. The van der Waals surface area contributed by atoms with E-state index < -0.39 is 13.9 Å². The summed E-state index contributed by atoms with van der Waals surface area (Å²) in [6, 6.07) is 0. The Hall–Kier alpha value is -2.32. The molecule has 63 heavy (non-hydrogen) atoms. The maximum absolute atomic E-state index is 12.7. The van der Waals surface area contributed by atoms with Crippen molar-refractivity contribution < 1.29 is 37.3 Å². The molecule has 0 spiro atoms. The number of phosphoric ester groups is 1. The second kappa shape index (κ2) is 46.2. The first-order valence-electron chi connectivity index (χ1n) is 25.3. The fraction of sp³-hybridized carbons (Fsp3) is 0.722. The maximum Gasteiger partial charge on any atom is 0.306 e. The number of unbranched alkanes of at least 4 members (excludes halogenated alkanes) is 18. The number of carbonyl (C=O) groups is 1. The molecule has 2 unspecified atom stereocenters. The molecular weight excluding hydrogens is 806 g/mol. The summed E-state index contributed by atoms with van der Waals surface area (Å²) in [5.74, 6) is -0.345. The molecule has 0 fully saturated rings. The number of likely N-dealkylation sites (N-methyl/N-ethyl adjacent to an activating group) is 1. The molecule has 0 aliphatic rings. The number of nitrogens with zero attached hydrogens (tertiary/aromatic N) is 1. The first kappa shape index (κ1) is 60.7. The molecule has 0 radical (unpaired) electrons. The van der Waals surface area contributed by atoms with Crippen LogP contribution < -0.4 is 4.89 Å². The normalized spacial score (nSPS) is 14.3. The van der Waals surface area contributed by atoms with E-state index in [0.29, 0.717) is 24.1 Å². The number of carbonyl (C=O) groups excluding carboxylic acids is 1. The fourth-order valence-corrected chi connectivity index (χ4v) is 7.31. The molecule has 0 N–H and O–H groups in total. The van der Waals surface area contributed by atoms with E-state index in [1.807, 2.05) is 21.1 Å². The smallest absolute Gasteiger partial charge is 0.306 e. The van der Waals surface area contributed by atoms with Gasteiger partial charge in [0.05, 0.1) is 34.4 Å². The maximum atomic E-state index is 12.7. The van der Waals surface area contributed by atoms with Crippen LogP contribution >= 0.6 is 7.82 Å². The highest BCUT2D eigenvalue weighted by Crippen LogP contribution is 2.38. The third-order valence-corrected chi connectivity index (χ3v) is 11.4. The summed E-state index contributed by atoms with van der Waals surface area (Å²) >= 11 is 0. The molecule has 0 aliphatic carbocycles. The quantitative estimate of drug-likeness (QED) is 0.0197. The topological polar surface area (TPSA) is 94.1 Å². The summed E-state index contributed by atoms with van der Waals surface area (Å²) in [5.41, 5.74) is 0. The van der Waals surface area contributed by atoms with Crippen molar-refractivity contribution in [3.63, 3.8) is 0 Å². The molecule has 0 bridgehead atoms. The summed E-state index contributed by atoms with van der Waals surface area (Å²) in [7, 11) is 1.33. The van der Waals surface area contributed by atoms with E-state index >= 15 is 0 Å². The number of hydrogen-bond acceptors (Lipinski definition) is 7. The van der Waals surface area contributed by atoms with Crippen molar-refractivity contribution in [1.82, 2.24) is 0 Å². The van der Waals surface area contributed by atoms with Crippen molar-refractivity contribution in [2.45, 2.75) is 200 Å². The molecule has 8 nitrogen and oxygen atoms in total. The lowest BCUT2D eigenvalue weighted by Crippen LogP contribution is -2.37. The molecule has 364 valence electrons. The zero-order chi connectivity index (χ0) is 46.2. The third kappa shape index (κ3) is 50.5. The molecule has 0 rings (SSSR count). The highest BCUT2D eigenvalue weighted by atomic mass is 31.2. The van der Waals surface area contributed by atoms with Gasteiger partial charge in [-0.1, -0.05) is 202 Å². The van der Waals surface area contributed by atoms with E-state index in [1.165, 1.54) is 77.0 Å². The van der Waals surface area contributed by atoms with E-state index in [0.717, 1.165) is 96.3 Å². The second-order valence-corrected chi connectivity index (χ2v) is 19.2. The van der Waals surface area contributed by atoms with Crippen LogP contribution in [0.25, 0.3) is 0 Å². The molecular formula is C54H96NO7P. The molecule has 0 aromatic rings. The minimum Gasteiger partial charge on any atom is -0.756 e. The summed E-state index contributed by atoms with van der Waals surface area (Å²) in [6.07, 6.45) is 61.8. The van der Waals surface area contributed by atoms with Crippen molar-refractivity contribution in [3.8, 4) is 0 Å². The molecule has 0 aromatic carbocycles. The van der Waals surface area contributed by atoms with E-state index in [-0.39, 0.29) is 25.8 Å². The third-order valence-electron chi connectivity index (χ3n) is 10.5. The zero-order valence-corrected chi connectivity index (χ0v) is 42.1. The Morgan fingerprint density at radius 2 is 0.921 bits per heavy atom. The summed E-state index contributed by atoms with van der Waals surface area (Å²) in [5, 5.41) is 0. The van der Waals surface area contributed by atoms with E-state index in [1.54, 1.807) is 0 Å². The van der Waals surface area contributed by atoms with Crippen LogP contribution in [0.4, 0.5) is 0 Å². The number of quaternary nitrogens is 1. The van der Waals surface area contributed by atoms with Crippen LogP contribution in [-0.2, 0) is 27.9 Å². The van der Waals surface area contributed by atoms with Crippen LogP contribution in [0.2, 0.25) is 0 Å². The summed E-state index contributed by atoms with van der Waals surface area (Å²) < 4.78 is 34.7. The molecule has 0 heterocycles. The first-order chi connectivity index (χ1) is 30.6. The van der Waals surface area contributed by atoms with Gasteiger partial charge >= 0.3 is 5.97 Å². The predicted octanol–water partition coefficient (Wildman–Crippen LogP) is 15.0. The number of hydrogen-bond donors (Lipinski definition) is 0. The van der Waals surface area contributed by atoms with Crippen molar-refractivity contribution in [2.24, 2.45) is 0 Å². The van der Waals surface area contributed by atoms with Crippen LogP contribution in [-0.4, -0.2) is 70.7 Å². The number of ether oxygens (including phenoxy) is 2. The Bertz CT molecular complexity index is 1280. The lowest BCUT2D eigenvalue weighted by Gasteiger charge is -2.28. The van der Waals surface area contributed by atoms with Crippen LogP contribution in [0.15, 0.2) is 85.1 Å². The van der Waals surface area contributed by atoms with Gasteiger partial charge in [0.1, 0.15) is 19.3 Å². The average molecular weight is 902 g/mol. The Labute approximate surface area is 388 Å². The first-order valence-corrected chi connectivity index (χ1v) is 26.8. The van der Waals surface area contributed by atoms with Crippen LogP contribution in [0.3, 0.4) is 0 Å². The van der Waals surface area contributed by atoms with E-state index in [2.05, 4.69) is 98.9 Å². The number of rotatable bonds is 46. The van der Waals surface area contributed by atoms with Gasteiger partial charge in [-0.05, 0) is 70.6 Å². The number of esters is 1. The molecule has 0 saturated carbocycles. The Morgan fingerprint density at radius 3 is 1.38 bits per heavy atom. The lowest BCUT2D eigenvalue weighted by molar-refractivity contribution is -0.870. The van der Waals surface area contributed by atoms with Gasteiger partial charge < -0.3 is 27.9 Å². The molecule has 0 aliphatic heterocycles. The highest BCUT2D eigenvalue weighted by Gasteiger charge is 2.20. The van der Waals surface area contributed by atoms with Gasteiger partial charge in [-0.2, -0.15) is 0 Å². The fourth-order valence-electron chi connectivity index (χ4n) is 6.59. The summed E-state index contributed by atoms with van der Waals surface area (Å²) in [6.45, 7) is 5.23. The van der Waals surface area contributed by atoms with Gasteiger partial charge in [0.15, 0.2) is 0 Å². The minimum atomic E-state index is -4.54. The molecule has 0 aromatic heterocycles. The van der Waals surface area contributed by atoms with E-state index in [9.17, 15) is 14.3 Å². The number of phosphoric acid groups is 1. The monoisotopic (exact) mass is 902 g/mol. The standard InChI is InChI=1S/C54H96NO7P/c1-6-8-10-12-14-16-18-20-22-23-24-25-26-27-28-29-30-31-32-34-36-38-40-42-44-46-49-59-51-53(52-61-63(57,58)60-50-48-55(3,4)5)62-54(56)47-45-43-41-39-37-35-33-21-19-17-15-13-11-9-7-2/h8,10,14,16,20,22,24-25,27-28,30-31,34,36,53H,6-7,9,11-13,15,17-19,21,23,26,29,32-33,35,37-52H2,1-5H3/b10-8-,16-14-,22-20-,25-24-,28-27-,31-30-,36-34-.